The van der Waals surface area contributed by atoms with Crippen LogP contribution in [0.5, 0.6) is 0 Å². The Kier molecular flexibility index (Phi) is 5.83. The van der Waals surface area contributed by atoms with E-state index in [1.54, 1.807) is 10.9 Å². The number of aromatic nitrogens is 2. The fraction of sp³-hybridized carbons (Fsp3) is 0.692. The summed E-state index contributed by atoms with van der Waals surface area (Å²) in [7, 11) is 0. The van der Waals surface area contributed by atoms with Gasteiger partial charge in [0.05, 0.1) is 11.8 Å². The molecule has 1 aromatic heterocycles. The van der Waals surface area contributed by atoms with Gasteiger partial charge < -0.3 is 0 Å². The van der Waals surface area contributed by atoms with Crippen LogP contribution >= 0.6 is 0 Å². The molecule has 0 aromatic carbocycles. The highest BCUT2D eigenvalue weighted by Crippen LogP contribution is 2.09. The van der Waals surface area contributed by atoms with Crippen molar-refractivity contribution in [2.45, 2.75) is 58.9 Å². The molecule has 0 N–H and O–H groups in total. The largest absolute Gasteiger partial charge is 0.294 e. The van der Waals surface area contributed by atoms with Gasteiger partial charge in [0.1, 0.15) is 0 Å². The highest BCUT2D eigenvalue weighted by atomic mass is 16.1. The van der Waals surface area contributed by atoms with Gasteiger partial charge in [0, 0.05) is 19.2 Å². The van der Waals surface area contributed by atoms with E-state index in [2.05, 4.69) is 12.0 Å². The first-order valence-electron chi connectivity index (χ1n) is 6.33. The Morgan fingerprint density at radius 3 is 2.62 bits per heavy atom. The SMILES string of the molecule is CCCCCCCC(=O)c1cnn(CC)c1. The lowest BCUT2D eigenvalue weighted by Gasteiger charge is -1.98. The van der Waals surface area contributed by atoms with Gasteiger partial charge in [-0.1, -0.05) is 32.6 Å². The van der Waals surface area contributed by atoms with E-state index in [1.807, 2.05) is 13.1 Å². The summed E-state index contributed by atoms with van der Waals surface area (Å²) in [6.45, 7) is 5.04. The van der Waals surface area contributed by atoms with Crippen molar-refractivity contribution >= 4 is 5.78 Å². The van der Waals surface area contributed by atoms with Gasteiger partial charge in [-0.15, -0.1) is 0 Å². The van der Waals surface area contributed by atoms with Crippen molar-refractivity contribution in [3.63, 3.8) is 0 Å². The van der Waals surface area contributed by atoms with Crippen molar-refractivity contribution in [1.29, 1.82) is 0 Å². The number of unbranched alkanes of at least 4 members (excludes halogenated alkanes) is 4. The van der Waals surface area contributed by atoms with Crippen LogP contribution in [0.3, 0.4) is 0 Å². The molecule has 3 nitrogen and oxygen atoms in total. The quantitative estimate of drug-likeness (QED) is 0.499. The summed E-state index contributed by atoms with van der Waals surface area (Å²) in [5.74, 6) is 0.233. The van der Waals surface area contributed by atoms with Gasteiger partial charge in [0.15, 0.2) is 5.78 Å². The number of carbonyl (C=O) groups excluding carboxylic acids is 1. The smallest absolute Gasteiger partial charge is 0.166 e. The van der Waals surface area contributed by atoms with Crippen LogP contribution in [0.25, 0.3) is 0 Å². The lowest BCUT2D eigenvalue weighted by molar-refractivity contribution is 0.0979. The lowest BCUT2D eigenvalue weighted by atomic mass is 10.1. The number of carbonyl (C=O) groups is 1. The Morgan fingerprint density at radius 1 is 1.25 bits per heavy atom. The first-order valence-corrected chi connectivity index (χ1v) is 6.33. The van der Waals surface area contributed by atoms with Crippen LogP contribution < -0.4 is 0 Å². The molecule has 3 heteroatoms. The normalized spacial score (nSPS) is 10.6. The summed E-state index contributed by atoms with van der Waals surface area (Å²) in [5.41, 5.74) is 0.761. The topological polar surface area (TPSA) is 34.9 Å². The minimum Gasteiger partial charge on any atom is -0.294 e. The fourth-order valence-electron chi connectivity index (χ4n) is 1.71. The Morgan fingerprint density at radius 2 is 2.00 bits per heavy atom. The minimum absolute atomic E-state index is 0.233. The standard InChI is InChI=1S/C13H22N2O/c1-3-5-6-7-8-9-13(16)12-10-14-15(4-2)11-12/h10-11H,3-9H2,1-2H3. The molecule has 16 heavy (non-hydrogen) atoms. The number of hydrogen-bond donors (Lipinski definition) is 0. The lowest BCUT2D eigenvalue weighted by Crippen LogP contribution is -1.98. The molecule has 0 saturated heterocycles. The fourth-order valence-corrected chi connectivity index (χ4v) is 1.71. The van der Waals surface area contributed by atoms with Crippen LogP contribution in [-0.4, -0.2) is 15.6 Å². The van der Waals surface area contributed by atoms with Crippen molar-refractivity contribution < 1.29 is 4.79 Å². The molecule has 1 heterocycles. The zero-order chi connectivity index (χ0) is 11.8. The third-order valence-corrected chi connectivity index (χ3v) is 2.79. The second kappa shape index (κ2) is 7.20. The van der Waals surface area contributed by atoms with Crippen LogP contribution in [0.15, 0.2) is 12.4 Å². The van der Waals surface area contributed by atoms with Gasteiger partial charge in [-0.2, -0.15) is 5.10 Å². The van der Waals surface area contributed by atoms with E-state index in [4.69, 9.17) is 0 Å². The molecule has 0 atom stereocenters. The Hall–Kier alpha value is -1.12. The zero-order valence-corrected chi connectivity index (χ0v) is 10.4. The summed E-state index contributed by atoms with van der Waals surface area (Å²) < 4.78 is 1.80. The maximum Gasteiger partial charge on any atom is 0.166 e. The predicted octanol–water partition coefficient (Wildman–Crippen LogP) is 3.45. The van der Waals surface area contributed by atoms with E-state index in [-0.39, 0.29) is 5.78 Å². The summed E-state index contributed by atoms with van der Waals surface area (Å²) in [6, 6.07) is 0. The number of aryl methyl sites for hydroxylation is 1. The van der Waals surface area contributed by atoms with Gasteiger partial charge in [-0.25, -0.2) is 0 Å². The molecule has 0 aliphatic rings. The zero-order valence-electron chi connectivity index (χ0n) is 10.4. The number of hydrogen-bond acceptors (Lipinski definition) is 2. The molecule has 0 unspecified atom stereocenters. The molecule has 0 amide bonds. The van der Waals surface area contributed by atoms with Crippen molar-refractivity contribution in [3.05, 3.63) is 18.0 Å². The molecule has 0 aliphatic carbocycles. The average molecular weight is 222 g/mol. The van der Waals surface area contributed by atoms with E-state index in [9.17, 15) is 4.79 Å². The molecule has 0 spiro atoms. The van der Waals surface area contributed by atoms with Crippen LogP contribution in [0.2, 0.25) is 0 Å². The van der Waals surface area contributed by atoms with Crippen LogP contribution in [0, 0.1) is 0 Å². The second-order valence-electron chi connectivity index (χ2n) is 4.17. The summed E-state index contributed by atoms with van der Waals surface area (Å²) in [6.07, 6.45) is 10.1. The molecular weight excluding hydrogens is 200 g/mol. The molecular formula is C13H22N2O. The Balaban J connectivity index is 2.24. The summed E-state index contributed by atoms with van der Waals surface area (Å²) in [5, 5.41) is 4.11. The molecule has 90 valence electrons. The number of rotatable bonds is 8. The van der Waals surface area contributed by atoms with Crippen molar-refractivity contribution in [2.24, 2.45) is 0 Å². The Bertz CT molecular complexity index is 317. The van der Waals surface area contributed by atoms with Gasteiger partial charge in [0.25, 0.3) is 0 Å². The summed E-state index contributed by atoms with van der Waals surface area (Å²) in [4.78, 5) is 11.8. The van der Waals surface area contributed by atoms with E-state index >= 15 is 0 Å². The van der Waals surface area contributed by atoms with Gasteiger partial charge in [-0.05, 0) is 13.3 Å². The molecule has 0 bridgehead atoms. The van der Waals surface area contributed by atoms with E-state index in [0.29, 0.717) is 6.42 Å². The first-order chi connectivity index (χ1) is 7.77. The first kappa shape index (κ1) is 12.9. The molecule has 1 rings (SSSR count). The number of nitrogens with zero attached hydrogens (tertiary/aromatic N) is 2. The molecule has 1 aromatic rings. The van der Waals surface area contributed by atoms with E-state index < -0.39 is 0 Å². The second-order valence-corrected chi connectivity index (χ2v) is 4.17. The third kappa shape index (κ3) is 4.17. The van der Waals surface area contributed by atoms with Crippen LogP contribution in [-0.2, 0) is 6.54 Å². The molecule has 0 saturated carbocycles. The average Bonchev–Trinajstić information content (AvgIpc) is 2.77. The van der Waals surface area contributed by atoms with Gasteiger partial charge in [-0.3, -0.25) is 9.48 Å². The monoisotopic (exact) mass is 222 g/mol. The van der Waals surface area contributed by atoms with Crippen LogP contribution in [0.1, 0.15) is 62.7 Å². The third-order valence-electron chi connectivity index (χ3n) is 2.79. The number of Topliss-reactive ketones (excluding diaryl/α,β-unsaturated/α-hetero) is 1. The van der Waals surface area contributed by atoms with E-state index in [0.717, 1.165) is 18.5 Å². The molecule has 0 radical (unpaired) electrons. The Labute approximate surface area is 97.8 Å². The summed E-state index contributed by atoms with van der Waals surface area (Å²) >= 11 is 0. The van der Waals surface area contributed by atoms with Crippen molar-refractivity contribution in [3.8, 4) is 0 Å². The maximum atomic E-state index is 11.8. The van der Waals surface area contributed by atoms with E-state index in [1.165, 1.54) is 25.7 Å². The van der Waals surface area contributed by atoms with Gasteiger partial charge in [0.2, 0.25) is 0 Å². The maximum absolute atomic E-state index is 11.8. The van der Waals surface area contributed by atoms with Crippen LogP contribution in [0.4, 0.5) is 0 Å². The highest BCUT2D eigenvalue weighted by molar-refractivity contribution is 5.95. The predicted molar refractivity (Wildman–Crippen MR) is 65.6 cm³/mol. The van der Waals surface area contributed by atoms with Crippen molar-refractivity contribution in [1.82, 2.24) is 9.78 Å². The van der Waals surface area contributed by atoms with Crippen molar-refractivity contribution in [2.75, 3.05) is 0 Å². The minimum atomic E-state index is 0.233. The number of ketones is 1. The molecule has 0 fully saturated rings. The molecule has 0 aliphatic heterocycles. The van der Waals surface area contributed by atoms with Gasteiger partial charge >= 0.3 is 0 Å². The highest BCUT2D eigenvalue weighted by Gasteiger charge is 2.07.